The average molecular weight is 256 g/mol. The van der Waals surface area contributed by atoms with Crippen LogP contribution >= 0.6 is 0 Å². The SMILES string of the molecule is O=c1ccoc2cc(OCCn3ccnc3)ccc12. The highest BCUT2D eigenvalue weighted by molar-refractivity contribution is 5.77. The summed E-state index contributed by atoms with van der Waals surface area (Å²) in [5.41, 5.74) is 0.485. The van der Waals surface area contributed by atoms with Crippen LogP contribution in [0.4, 0.5) is 0 Å². The molecule has 0 aliphatic rings. The number of hydrogen-bond acceptors (Lipinski definition) is 4. The highest BCUT2D eigenvalue weighted by Gasteiger charge is 2.02. The fourth-order valence-electron chi connectivity index (χ4n) is 1.84. The third kappa shape index (κ3) is 2.49. The van der Waals surface area contributed by atoms with Gasteiger partial charge in [-0.1, -0.05) is 0 Å². The van der Waals surface area contributed by atoms with Gasteiger partial charge in [0.25, 0.3) is 0 Å². The van der Waals surface area contributed by atoms with Crippen LogP contribution in [0.1, 0.15) is 0 Å². The Kier molecular flexibility index (Phi) is 3.02. The van der Waals surface area contributed by atoms with E-state index in [2.05, 4.69) is 4.98 Å². The summed E-state index contributed by atoms with van der Waals surface area (Å²) in [6.45, 7) is 1.25. The van der Waals surface area contributed by atoms with Crippen molar-refractivity contribution >= 4 is 11.0 Å². The summed E-state index contributed by atoms with van der Waals surface area (Å²) in [7, 11) is 0. The highest BCUT2D eigenvalue weighted by Crippen LogP contribution is 2.18. The Labute approximate surface area is 109 Å². The third-order valence-corrected chi connectivity index (χ3v) is 2.81. The van der Waals surface area contributed by atoms with Crippen LogP contribution in [-0.4, -0.2) is 16.2 Å². The molecule has 1 aromatic carbocycles. The fourth-order valence-corrected chi connectivity index (χ4v) is 1.84. The van der Waals surface area contributed by atoms with E-state index in [0.29, 0.717) is 23.3 Å². The average Bonchev–Trinajstić information content (AvgIpc) is 2.92. The lowest BCUT2D eigenvalue weighted by Gasteiger charge is -2.07. The third-order valence-electron chi connectivity index (χ3n) is 2.81. The lowest BCUT2D eigenvalue weighted by molar-refractivity contribution is 0.298. The summed E-state index contributed by atoms with van der Waals surface area (Å²) in [5, 5.41) is 0.560. The molecule has 19 heavy (non-hydrogen) atoms. The van der Waals surface area contributed by atoms with Crippen molar-refractivity contribution in [2.45, 2.75) is 6.54 Å². The molecule has 3 rings (SSSR count). The molecule has 0 saturated heterocycles. The van der Waals surface area contributed by atoms with Gasteiger partial charge >= 0.3 is 0 Å². The minimum absolute atomic E-state index is 0.0498. The van der Waals surface area contributed by atoms with Gasteiger partial charge in [0, 0.05) is 24.5 Å². The molecule has 0 bridgehead atoms. The van der Waals surface area contributed by atoms with E-state index in [1.807, 2.05) is 10.8 Å². The van der Waals surface area contributed by atoms with E-state index < -0.39 is 0 Å². The second-order valence-corrected chi connectivity index (χ2v) is 4.09. The van der Waals surface area contributed by atoms with Crippen molar-refractivity contribution < 1.29 is 9.15 Å². The number of rotatable bonds is 4. The molecule has 0 N–H and O–H groups in total. The first-order valence-electron chi connectivity index (χ1n) is 5.93. The standard InChI is InChI=1S/C14H12N2O3/c17-13-3-7-19-14-9-11(1-2-12(13)14)18-8-6-16-5-4-15-10-16/h1-5,7,9-10H,6,8H2. The van der Waals surface area contributed by atoms with Crippen molar-refractivity contribution in [1.82, 2.24) is 9.55 Å². The molecule has 0 fully saturated rings. The monoisotopic (exact) mass is 256 g/mol. The molecule has 5 heteroatoms. The van der Waals surface area contributed by atoms with Crippen LogP contribution in [0, 0.1) is 0 Å². The van der Waals surface area contributed by atoms with Crippen LogP contribution in [0.3, 0.4) is 0 Å². The lowest BCUT2D eigenvalue weighted by atomic mass is 10.2. The van der Waals surface area contributed by atoms with Gasteiger partial charge in [-0.3, -0.25) is 4.79 Å². The molecule has 0 amide bonds. The van der Waals surface area contributed by atoms with Gasteiger partial charge in [-0.05, 0) is 12.1 Å². The zero-order chi connectivity index (χ0) is 13.1. The second-order valence-electron chi connectivity index (χ2n) is 4.09. The maximum atomic E-state index is 11.5. The van der Waals surface area contributed by atoms with Crippen molar-refractivity contribution in [2.75, 3.05) is 6.61 Å². The molecule has 5 nitrogen and oxygen atoms in total. The van der Waals surface area contributed by atoms with Crippen LogP contribution < -0.4 is 10.2 Å². The van der Waals surface area contributed by atoms with Crippen LogP contribution in [0.2, 0.25) is 0 Å². The molecule has 0 spiro atoms. The Bertz CT molecular complexity index is 732. The first-order valence-corrected chi connectivity index (χ1v) is 5.93. The van der Waals surface area contributed by atoms with Gasteiger partial charge in [-0.2, -0.15) is 0 Å². The highest BCUT2D eigenvalue weighted by atomic mass is 16.5. The zero-order valence-electron chi connectivity index (χ0n) is 10.2. The fraction of sp³-hybridized carbons (Fsp3) is 0.143. The van der Waals surface area contributed by atoms with Crippen molar-refractivity contribution in [2.24, 2.45) is 0 Å². The summed E-state index contributed by atoms with van der Waals surface area (Å²) in [6.07, 6.45) is 6.73. The lowest BCUT2D eigenvalue weighted by Crippen LogP contribution is -2.06. The molecule has 0 aliphatic heterocycles. The largest absolute Gasteiger partial charge is 0.492 e. The summed E-state index contributed by atoms with van der Waals surface area (Å²) < 4.78 is 12.8. The molecule has 0 aliphatic carbocycles. The van der Waals surface area contributed by atoms with E-state index >= 15 is 0 Å². The molecule has 0 atom stereocenters. The Hall–Kier alpha value is -2.56. The molecule has 0 radical (unpaired) electrons. The smallest absolute Gasteiger partial charge is 0.192 e. The van der Waals surface area contributed by atoms with Crippen molar-refractivity contribution in [3.63, 3.8) is 0 Å². The Morgan fingerprint density at radius 1 is 1.32 bits per heavy atom. The maximum absolute atomic E-state index is 11.5. The van der Waals surface area contributed by atoms with Gasteiger partial charge in [-0.25, -0.2) is 4.98 Å². The Morgan fingerprint density at radius 3 is 3.11 bits per heavy atom. The van der Waals surface area contributed by atoms with E-state index in [4.69, 9.17) is 9.15 Å². The van der Waals surface area contributed by atoms with Crippen LogP contribution in [0.15, 0.2) is 58.5 Å². The molecule has 3 aromatic rings. The number of fused-ring (bicyclic) bond motifs is 1. The Balaban J connectivity index is 1.73. The van der Waals surface area contributed by atoms with E-state index in [0.717, 1.165) is 6.54 Å². The molecule has 96 valence electrons. The van der Waals surface area contributed by atoms with Gasteiger partial charge in [-0.15, -0.1) is 0 Å². The predicted octanol–water partition coefficient (Wildman–Crippen LogP) is 2.07. The number of benzene rings is 1. The van der Waals surface area contributed by atoms with E-state index in [-0.39, 0.29) is 5.43 Å². The van der Waals surface area contributed by atoms with Crippen LogP contribution in [0.25, 0.3) is 11.0 Å². The van der Waals surface area contributed by atoms with E-state index in [1.165, 1.54) is 12.3 Å². The summed E-state index contributed by atoms with van der Waals surface area (Å²) in [6, 6.07) is 6.62. The van der Waals surface area contributed by atoms with Crippen LogP contribution in [-0.2, 0) is 6.54 Å². The van der Waals surface area contributed by atoms with Crippen LogP contribution in [0.5, 0.6) is 5.75 Å². The number of aromatic nitrogens is 2. The van der Waals surface area contributed by atoms with E-state index in [9.17, 15) is 4.79 Å². The Morgan fingerprint density at radius 2 is 2.26 bits per heavy atom. The van der Waals surface area contributed by atoms with Gasteiger partial charge in [0.2, 0.25) is 0 Å². The molecule has 0 saturated carbocycles. The van der Waals surface area contributed by atoms with E-state index in [1.54, 1.807) is 30.7 Å². The maximum Gasteiger partial charge on any atom is 0.192 e. The summed E-state index contributed by atoms with van der Waals surface area (Å²) >= 11 is 0. The molecular weight excluding hydrogens is 244 g/mol. The normalized spacial score (nSPS) is 10.7. The summed E-state index contributed by atoms with van der Waals surface area (Å²) in [5.74, 6) is 0.682. The molecule has 0 unspecified atom stereocenters. The number of ether oxygens (including phenoxy) is 1. The van der Waals surface area contributed by atoms with Crippen molar-refractivity contribution in [3.8, 4) is 5.75 Å². The first-order chi connectivity index (χ1) is 9.33. The van der Waals surface area contributed by atoms with Crippen molar-refractivity contribution in [1.29, 1.82) is 0 Å². The minimum Gasteiger partial charge on any atom is -0.492 e. The predicted molar refractivity (Wildman–Crippen MR) is 70.2 cm³/mol. The van der Waals surface area contributed by atoms with Gasteiger partial charge in [0.1, 0.15) is 17.9 Å². The van der Waals surface area contributed by atoms with Crippen molar-refractivity contribution in [3.05, 3.63) is 59.5 Å². The first kappa shape index (κ1) is 11.5. The van der Waals surface area contributed by atoms with Gasteiger partial charge in [0.05, 0.1) is 24.5 Å². The number of nitrogens with zero attached hydrogens (tertiary/aromatic N) is 2. The molecular formula is C14H12N2O3. The minimum atomic E-state index is -0.0498. The quantitative estimate of drug-likeness (QED) is 0.717. The topological polar surface area (TPSA) is 57.3 Å². The van der Waals surface area contributed by atoms with Gasteiger partial charge < -0.3 is 13.7 Å². The molecule has 2 heterocycles. The number of hydrogen-bond donors (Lipinski definition) is 0. The zero-order valence-corrected chi connectivity index (χ0v) is 10.2. The second kappa shape index (κ2) is 4.97. The van der Waals surface area contributed by atoms with Gasteiger partial charge in [0.15, 0.2) is 5.43 Å². The molecule has 2 aromatic heterocycles. The number of imidazole rings is 1. The summed E-state index contributed by atoms with van der Waals surface area (Å²) in [4.78, 5) is 15.5.